The van der Waals surface area contributed by atoms with E-state index in [0.29, 0.717) is 0 Å². The van der Waals surface area contributed by atoms with Crippen molar-refractivity contribution in [2.24, 2.45) is 17.8 Å². The van der Waals surface area contributed by atoms with E-state index in [0.717, 1.165) is 32.3 Å². The summed E-state index contributed by atoms with van der Waals surface area (Å²) in [5, 5.41) is 59.1. The van der Waals surface area contributed by atoms with Crippen LogP contribution in [0.1, 0.15) is 86.0 Å². The summed E-state index contributed by atoms with van der Waals surface area (Å²) >= 11 is 0. The van der Waals surface area contributed by atoms with Crippen LogP contribution in [0.25, 0.3) is 0 Å². The summed E-state index contributed by atoms with van der Waals surface area (Å²) in [4.78, 5) is 39.2. The number of ketones is 1. The van der Waals surface area contributed by atoms with Crippen LogP contribution in [0.15, 0.2) is 48.1 Å². The summed E-state index contributed by atoms with van der Waals surface area (Å²) in [6.07, 6.45) is 10.1. The topological polar surface area (TPSA) is 183 Å². The molecular weight excluding hydrogens is 608 g/mol. The second-order valence-corrected chi connectivity index (χ2v) is 13.9. The SMILES string of the molecule is C=C(C)[C@@]1(O)C(OC(=O)/C=C/C=C/CCCCCCCCC)C2[C@@H]3O[C@]3(CO)[C@@H](O)[C@]3(O)C(=O)C(C)=CC3[C@@]2(O)[C@H](C)[C@H]1OC(C)=O. The highest BCUT2D eigenvalue weighted by atomic mass is 16.6. The molecule has 0 spiro atoms. The van der Waals surface area contributed by atoms with Gasteiger partial charge in [-0.05, 0) is 37.8 Å². The lowest BCUT2D eigenvalue weighted by Gasteiger charge is -2.59. The molecule has 11 heteroatoms. The maximum atomic E-state index is 13.4. The van der Waals surface area contributed by atoms with Crippen LogP contribution in [0.3, 0.4) is 0 Å². The van der Waals surface area contributed by atoms with Crippen molar-refractivity contribution >= 4 is 17.7 Å². The molecule has 0 aromatic rings. The number of ether oxygens (including phenoxy) is 3. The van der Waals surface area contributed by atoms with E-state index < -0.39 is 88.9 Å². The van der Waals surface area contributed by atoms with Gasteiger partial charge in [-0.25, -0.2) is 4.79 Å². The van der Waals surface area contributed by atoms with Crippen molar-refractivity contribution in [2.45, 2.75) is 133 Å². The molecule has 4 rings (SSSR count). The van der Waals surface area contributed by atoms with Gasteiger partial charge >= 0.3 is 11.9 Å². The van der Waals surface area contributed by atoms with Crippen molar-refractivity contribution in [3.8, 4) is 0 Å². The van der Waals surface area contributed by atoms with E-state index in [-0.39, 0.29) is 11.1 Å². The van der Waals surface area contributed by atoms with Crippen LogP contribution in [-0.2, 0) is 28.6 Å². The van der Waals surface area contributed by atoms with Crippen molar-refractivity contribution in [2.75, 3.05) is 6.61 Å². The highest BCUT2D eigenvalue weighted by molar-refractivity contribution is 6.05. The molecule has 3 unspecified atom stereocenters. The second-order valence-electron chi connectivity index (χ2n) is 13.9. The number of fused-ring (bicyclic) bond motifs is 5. The molecule has 3 fully saturated rings. The fraction of sp³-hybridized carbons (Fsp3) is 0.694. The lowest BCUT2D eigenvalue weighted by atomic mass is 9.53. The Labute approximate surface area is 277 Å². The molecule has 2 saturated carbocycles. The number of hydrogen-bond acceptors (Lipinski definition) is 11. The summed E-state index contributed by atoms with van der Waals surface area (Å²) in [5.74, 6) is -6.79. The number of carbonyl (C=O) groups excluding carboxylic acids is 3. The van der Waals surface area contributed by atoms with E-state index in [1.54, 1.807) is 6.08 Å². The summed E-state index contributed by atoms with van der Waals surface area (Å²) in [5.41, 5.74) is -9.06. The normalized spacial score (nSPS) is 40.8. The molecule has 11 nitrogen and oxygen atoms in total. The van der Waals surface area contributed by atoms with Crippen molar-refractivity contribution < 1.29 is 54.1 Å². The first-order chi connectivity index (χ1) is 22.1. The van der Waals surface area contributed by atoms with Gasteiger partial charge in [0.2, 0.25) is 0 Å². The van der Waals surface area contributed by atoms with Crippen molar-refractivity contribution in [3.05, 3.63) is 48.1 Å². The van der Waals surface area contributed by atoms with Crippen molar-refractivity contribution in [1.29, 1.82) is 0 Å². The summed E-state index contributed by atoms with van der Waals surface area (Å²) < 4.78 is 17.4. The predicted molar refractivity (Wildman–Crippen MR) is 172 cm³/mol. The zero-order valence-corrected chi connectivity index (χ0v) is 28.2. The average molecular weight is 661 g/mol. The van der Waals surface area contributed by atoms with Crippen LogP contribution in [0.2, 0.25) is 0 Å². The molecule has 0 radical (unpaired) electrons. The zero-order valence-electron chi connectivity index (χ0n) is 28.2. The minimum absolute atomic E-state index is 0.0403. The molecular formula is C36H52O11. The van der Waals surface area contributed by atoms with Gasteiger partial charge in [0.1, 0.15) is 30.0 Å². The monoisotopic (exact) mass is 660 g/mol. The molecule has 1 heterocycles. The fourth-order valence-electron chi connectivity index (χ4n) is 8.29. The quantitative estimate of drug-likeness (QED) is 0.0461. The molecule has 3 aliphatic carbocycles. The van der Waals surface area contributed by atoms with Gasteiger partial charge in [-0.3, -0.25) is 9.59 Å². The van der Waals surface area contributed by atoms with Gasteiger partial charge in [0.15, 0.2) is 17.0 Å². The van der Waals surface area contributed by atoms with Crippen molar-refractivity contribution in [1.82, 2.24) is 0 Å². The smallest absolute Gasteiger partial charge is 0.331 e. The molecule has 1 saturated heterocycles. The number of epoxide rings is 1. The molecule has 5 N–H and O–H groups in total. The van der Waals surface area contributed by atoms with Gasteiger partial charge in [-0.1, -0.05) is 83.3 Å². The van der Waals surface area contributed by atoms with Crippen LogP contribution in [-0.4, -0.2) is 96.7 Å². The number of carbonyl (C=O) groups is 3. The highest BCUT2D eigenvalue weighted by Gasteiger charge is 2.85. The third-order valence-corrected chi connectivity index (χ3v) is 10.9. The number of unbranched alkanes of at least 4 members (excludes halogenated alkanes) is 7. The van der Waals surface area contributed by atoms with E-state index in [2.05, 4.69) is 13.5 Å². The maximum Gasteiger partial charge on any atom is 0.331 e. The van der Waals surface area contributed by atoms with Crippen LogP contribution >= 0.6 is 0 Å². The first-order valence-electron chi connectivity index (χ1n) is 16.8. The number of rotatable bonds is 14. The lowest BCUT2D eigenvalue weighted by molar-refractivity contribution is -0.287. The largest absolute Gasteiger partial charge is 0.459 e. The Balaban J connectivity index is 1.69. The Hall–Kier alpha value is -2.67. The van der Waals surface area contributed by atoms with Gasteiger partial charge < -0.3 is 39.7 Å². The van der Waals surface area contributed by atoms with E-state index in [1.807, 2.05) is 6.08 Å². The number of hydrogen-bond donors (Lipinski definition) is 5. The minimum Gasteiger partial charge on any atom is -0.459 e. The Kier molecular flexibility index (Phi) is 11.1. The van der Waals surface area contributed by atoms with Gasteiger partial charge in [-0.15, -0.1) is 0 Å². The van der Waals surface area contributed by atoms with Crippen LogP contribution in [0, 0.1) is 17.8 Å². The van der Waals surface area contributed by atoms with E-state index in [9.17, 15) is 39.9 Å². The lowest BCUT2D eigenvalue weighted by Crippen LogP contribution is -2.76. The van der Waals surface area contributed by atoms with Crippen LogP contribution < -0.4 is 0 Å². The molecule has 4 aliphatic rings. The molecule has 47 heavy (non-hydrogen) atoms. The standard InChI is InChI=1S/C36H52O11/c1-7-8-9-10-11-12-13-14-15-16-17-18-26(39)46-31-27-30-33(20-37,47-30)32(41)36(44)25(19-22(4)28(36)40)35(27,43)23(5)29(45-24(6)38)34(31,42)21(2)3/h15-19,23,25,27,29-32,37,41-44H,2,7-14,20H2,1,3-6H3/b16-15+,18-17+/t23-,25?,27?,29-,30+,31?,32-,33+,34+,35+,36-/m1/s1. The van der Waals surface area contributed by atoms with Crippen LogP contribution in [0.4, 0.5) is 0 Å². The van der Waals surface area contributed by atoms with E-state index >= 15 is 0 Å². The third-order valence-electron chi connectivity index (χ3n) is 10.9. The fourth-order valence-corrected chi connectivity index (χ4v) is 8.29. The minimum atomic E-state index is -2.65. The predicted octanol–water partition coefficient (Wildman–Crippen LogP) is 2.77. The van der Waals surface area contributed by atoms with E-state index in [4.69, 9.17) is 14.2 Å². The average Bonchev–Trinajstić information content (AvgIpc) is 3.71. The zero-order chi connectivity index (χ0) is 34.9. The number of Topliss-reactive ketones (excluding diaryl/α,β-unsaturated/α-hetero) is 1. The molecule has 11 atom stereocenters. The van der Waals surface area contributed by atoms with Gasteiger partial charge in [0.25, 0.3) is 0 Å². The van der Waals surface area contributed by atoms with Gasteiger partial charge in [0, 0.05) is 24.8 Å². The first-order valence-corrected chi connectivity index (χ1v) is 16.8. The van der Waals surface area contributed by atoms with Crippen LogP contribution in [0.5, 0.6) is 0 Å². The number of aliphatic hydroxyl groups excluding tert-OH is 2. The Morgan fingerprint density at radius 1 is 1.02 bits per heavy atom. The molecule has 0 aromatic heterocycles. The van der Waals surface area contributed by atoms with E-state index in [1.165, 1.54) is 65.0 Å². The first kappa shape index (κ1) is 37.2. The maximum absolute atomic E-state index is 13.4. The molecule has 1 aliphatic heterocycles. The number of aliphatic hydroxyl groups is 5. The third kappa shape index (κ3) is 6.08. The Morgan fingerprint density at radius 2 is 1.66 bits per heavy atom. The Bertz CT molecular complexity index is 1320. The molecule has 0 bridgehead atoms. The van der Waals surface area contributed by atoms with Gasteiger partial charge in [0.05, 0.1) is 18.1 Å². The summed E-state index contributed by atoms with van der Waals surface area (Å²) in [6.45, 7) is 10.7. The van der Waals surface area contributed by atoms with Crippen molar-refractivity contribution in [3.63, 3.8) is 0 Å². The molecule has 262 valence electrons. The summed E-state index contributed by atoms with van der Waals surface area (Å²) in [6, 6.07) is 0. The second kappa shape index (κ2) is 14.1. The van der Waals surface area contributed by atoms with Gasteiger partial charge in [-0.2, -0.15) is 0 Å². The highest BCUT2D eigenvalue weighted by Crippen LogP contribution is 2.66. The molecule has 0 amide bonds. The number of allylic oxidation sites excluding steroid dienone is 3. The Morgan fingerprint density at radius 3 is 2.26 bits per heavy atom. The molecule has 0 aromatic carbocycles. The summed E-state index contributed by atoms with van der Waals surface area (Å²) in [7, 11) is 0. The number of esters is 2.